The van der Waals surface area contributed by atoms with Gasteiger partial charge in [0.25, 0.3) is 10.0 Å². The van der Waals surface area contributed by atoms with E-state index in [-0.39, 0.29) is 41.1 Å². The van der Waals surface area contributed by atoms with E-state index >= 15 is 4.39 Å². The topological polar surface area (TPSA) is 96.0 Å². The number of rotatable bonds is 13. The molecule has 1 saturated carbocycles. The van der Waals surface area contributed by atoms with Gasteiger partial charge in [-0.05, 0) is 67.8 Å². The van der Waals surface area contributed by atoms with Gasteiger partial charge in [-0.2, -0.15) is 0 Å². The predicted molar refractivity (Wildman–Crippen MR) is 185 cm³/mol. The summed E-state index contributed by atoms with van der Waals surface area (Å²) in [5.74, 6) is -1.04. The van der Waals surface area contributed by atoms with Crippen LogP contribution in [0.4, 0.5) is 10.1 Å². The first-order valence-corrected chi connectivity index (χ1v) is 17.7. The SMILES string of the molecule is COc1ccc(S(=O)(=O)N(CC(=O)N(Cc2ccccc2F)[C@H](Cc2ccccc2)C(=O)NC2CCCCC2)c2ccc(C)cc2)cc1. The maximum Gasteiger partial charge on any atom is 0.264 e. The van der Waals surface area contributed by atoms with Crippen LogP contribution in [0, 0.1) is 12.7 Å². The third-order valence-electron chi connectivity index (χ3n) is 8.77. The molecule has 5 rings (SSSR count). The Morgan fingerprint density at radius 1 is 0.875 bits per heavy atom. The van der Waals surface area contributed by atoms with E-state index in [0.717, 1.165) is 47.5 Å². The summed E-state index contributed by atoms with van der Waals surface area (Å²) in [6, 6.07) is 27.1. The fourth-order valence-corrected chi connectivity index (χ4v) is 7.44. The molecule has 8 nitrogen and oxygen atoms in total. The molecule has 1 fully saturated rings. The highest BCUT2D eigenvalue weighted by molar-refractivity contribution is 7.92. The molecule has 2 amide bonds. The van der Waals surface area contributed by atoms with E-state index in [9.17, 15) is 18.0 Å². The van der Waals surface area contributed by atoms with Gasteiger partial charge in [0.1, 0.15) is 24.2 Å². The van der Waals surface area contributed by atoms with Gasteiger partial charge in [0.15, 0.2) is 0 Å². The third-order valence-corrected chi connectivity index (χ3v) is 10.6. The fourth-order valence-electron chi connectivity index (χ4n) is 6.02. The number of halogens is 1. The Hall–Kier alpha value is -4.70. The molecule has 0 bridgehead atoms. The molecular weight excluding hydrogens is 629 g/mol. The molecule has 1 aliphatic rings. The maximum atomic E-state index is 15.2. The van der Waals surface area contributed by atoms with Crippen LogP contribution in [0.5, 0.6) is 5.75 Å². The lowest BCUT2D eigenvalue weighted by Crippen LogP contribution is -2.55. The highest BCUT2D eigenvalue weighted by atomic mass is 32.2. The van der Waals surface area contributed by atoms with Crippen LogP contribution in [0.1, 0.15) is 48.8 Å². The second-order valence-corrected chi connectivity index (χ2v) is 14.0. The van der Waals surface area contributed by atoms with Gasteiger partial charge in [-0.25, -0.2) is 12.8 Å². The normalized spacial score (nSPS) is 14.1. The molecule has 10 heteroatoms. The minimum atomic E-state index is -4.27. The number of carbonyl (C=O) groups excluding carboxylic acids is 2. The Kier molecular flexibility index (Phi) is 11.5. The number of nitrogens with zero attached hydrogens (tertiary/aromatic N) is 2. The number of anilines is 1. The van der Waals surface area contributed by atoms with Crippen molar-refractivity contribution in [1.29, 1.82) is 0 Å². The van der Waals surface area contributed by atoms with Gasteiger partial charge in [0, 0.05) is 24.6 Å². The Bertz CT molecular complexity index is 1780. The molecule has 0 aliphatic heterocycles. The molecule has 1 aliphatic carbocycles. The van der Waals surface area contributed by atoms with Crippen LogP contribution in [0.25, 0.3) is 0 Å². The van der Waals surface area contributed by atoms with Crippen molar-refractivity contribution in [1.82, 2.24) is 10.2 Å². The monoisotopic (exact) mass is 671 g/mol. The van der Waals surface area contributed by atoms with Crippen molar-refractivity contribution in [3.05, 3.63) is 126 Å². The zero-order valence-corrected chi connectivity index (χ0v) is 28.2. The van der Waals surface area contributed by atoms with Gasteiger partial charge in [0.05, 0.1) is 17.7 Å². The Morgan fingerprint density at radius 2 is 1.52 bits per heavy atom. The van der Waals surface area contributed by atoms with Crippen molar-refractivity contribution in [2.45, 2.75) is 69.0 Å². The van der Waals surface area contributed by atoms with Crippen LogP contribution in [0.2, 0.25) is 0 Å². The molecule has 0 aromatic heterocycles. The van der Waals surface area contributed by atoms with Crippen LogP contribution in [0.3, 0.4) is 0 Å². The Labute approximate surface area is 282 Å². The van der Waals surface area contributed by atoms with Gasteiger partial charge >= 0.3 is 0 Å². The number of hydrogen-bond acceptors (Lipinski definition) is 5. The first kappa shape index (κ1) is 34.6. The Morgan fingerprint density at radius 3 is 2.17 bits per heavy atom. The summed E-state index contributed by atoms with van der Waals surface area (Å²) in [5.41, 5.74) is 2.22. The van der Waals surface area contributed by atoms with E-state index in [1.165, 1.54) is 42.3 Å². The number of ether oxygens (including phenoxy) is 1. The molecule has 0 radical (unpaired) electrons. The van der Waals surface area contributed by atoms with Gasteiger partial charge in [-0.3, -0.25) is 13.9 Å². The van der Waals surface area contributed by atoms with E-state index in [4.69, 9.17) is 4.74 Å². The van der Waals surface area contributed by atoms with Crippen molar-refractivity contribution in [2.24, 2.45) is 0 Å². The summed E-state index contributed by atoms with van der Waals surface area (Å²) in [7, 11) is -2.79. The number of aryl methyl sites for hydroxylation is 1. The van der Waals surface area contributed by atoms with E-state index in [0.29, 0.717) is 5.75 Å². The smallest absolute Gasteiger partial charge is 0.264 e. The van der Waals surface area contributed by atoms with Crippen molar-refractivity contribution < 1.29 is 27.1 Å². The quantitative estimate of drug-likeness (QED) is 0.177. The summed E-state index contributed by atoms with van der Waals surface area (Å²) in [6.07, 6.45) is 4.95. The molecule has 1 atom stereocenters. The minimum absolute atomic E-state index is 0.0329. The average Bonchev–Trinajstić information content (AvgIpc) is 3.10. The van der Waals surface area contributed by atoms with Crippen LogP contribution in [-0.2, 0) is 32.6 Å². The zero-order chi connectivity index (χ0) is 34.1. The highest BCUT2D eigenvalue weighted by Crippen LogP contribution is 2.27. The maximum absolute atomic E-state index is 15.2. The van der Waals surface area contributed by atoms with Crippen molar-refractivity contribution >= 4 is 27.5 Å². The number of carbonyl (C=O) groups is 2. The lowest BCUT2D eigenvalue weighted by molar-refractivity contribution is -0.140. The summed E-state index contributed by atoms with van der Waals surface area (Å²) in [6.45, 7) is 1.03. The largest absolute Gasteiger partial charge is 0.497 e. The van der Waals surface area contributed by atoms with Crippen molar-refractivity contribution in [3.63, 3.8) is 0 Å². The van der Waals surface area contributed by atoms with Gasteiger partial charge < -0.3 is 15.0 Å². The zero-order valence-electron chi connectivity index (χ0n) is 27.3. The summed E-state index contributed by atoms with van der Waals surface area (Å²) >= 11 is 0. The van der Waals surface area contributed by atoms with E-state index in [2.05, 4.69) is 5.32 Å². The van der Waals surface area contributed by atoms with Crippen molar-refractivity contribution in [3.8, 4) is 5.75 Å². The van der Waals surface area contributed by atoms with Gasteiger partial charge in [0.2, 0.25) is 11.8 Å². The van der Waals surface area contributed by atoms with Gasteiger partial charge in [-0.1, -0.05) is 85.5 Å². The van der Waals surface area contributed by atoms with Crippen LogP contribution < -0.4 is 14.4 Å². The fraction of sp³-hybridized carbons (Fsp3) is 0.316. The summed E-state index contributed by atoms with van der Waals surface area (Å²) in [5, 5.41) is 3.16. The molecule has 4 aromatic rings. The second kappa shape index (κ2) is 15.9. The minimum Gasteiger partial charge on any atom is -0.497 e. The Balaban J connectivity index is 1.56. The third kappa shape index (κ3) is 8.60. The molecular formula is C38H42FN3O5S. The molecule has 0 spiro atoms. The number of methoxy groups -OCH3 is 1. The molecule has 1 N–H and O–H groups in total. The highest BCUT2D eigenvalue weighted by Gasteiger charge is 2.35. The average molecular weight is 672 g/mol. The molecule has 0 unspecified atom stereocenters. The van der Waals surface area contributed by atoms with Crippen LogP contribution >= 0.6 is 0 Å². The molecule has 48 heavy (non-hydrogen) atoms. The number of hydrogen-bond donors (Lipinski definition) is 1. The lowest BCUT2D eigenvalue weighted by atomic mass is 9.94. The van der Waals surface area contributed by atoms with Crippen molar-refractivity contribution in [2.75, 3.05) is 18.0 Å². The molecule has 252 valence electrons. The van der Waals surface area contributed by atoms with Crippen LogP contribution in [0.15, 0.2) is 108 Å². The summed E-state index contributed by atoms with van der Waals surface area (Å²) < 4.78 is 49.9. The predicted octanol–water partition coefficient (Wildman–Crippen LogP) is 6.43. The second-order valence-electron chi connectivity index (χ2n) is 12.2. The molecule has 4 aromatic carbocycles. The standard InChI is InChI=1S/C38H42FN3O5S/c1-28-17-19-32(20-18-28)42(48(45,46)34-23-21-33(47-2)22-24-34)27-37(43)41(26-30-13-9-10-16-35(30)39)36(25-29-11-5-3-6-12-29)38(44)40-31-14-7-4-8-15-31/h3,5-6,9-13,16-24,31,36H,4,7-8,14-15,25-27H2,1-2H3,(H,40,44)/t36-/m1/s1. The summed E-state index contributed by atoms with van der Waals surface area (Å²) in [4.78, 5) is 30.1. The molecule has 0 saturated heterocycles. The van der Waals surface area contributed by atoms with Gasteiger partial charge in [-0.15, -0.1) is 0 Å². The first-order valence-electron chi connectivity index (χ1n) is 16.3. The van der Waals surface area contributed by atoms with Crippen LogP contribution in [-0.4, -0.2) is 50.9 Å². The number of nitrogens with one attached hydrogen (secondary N) is 1. The number of sulfonamides is 1. The lowest BCUT2D eigenvalue weighted by Gasteiger charge is -2.35. The number of amides is 2. The van der Waals surface area contributed by atoms with E-state index in [1.54, 1.807) is 42.5 Å². The number of benzene rings is 4. The molecule has 0 heterocycles. The van der Waals surface area contributed by atoms with E-state index < -0.39 is 34.3 Å². The first-order chi connectivity index (χ1) is 23.2. The van der Waals surface area contributed by atoms with E-state index in [1.807, 2.05) is 37.3 Å².